The van der Waals surface area contributed by atoms with Gasteiger partial charge < -0.3 is 11.1 Å². The number of amides is 1. The highest BCUT2D eigenvalue weighted by molar-refractivity contribution is 8.00. The predicted octanol–water partition coefficient (Wildman–Crippen LogP) is 2.32. The van der Waals surface area contributed by atoms with Crippen LogP contribution in [-0.4, -0.2) is 23.5 Å². The van der Waals surface area contributed by atoms with Crippen LogP contribution in [0.4, 0.5) is 5.69 Å². The van der Waals surface area contributed by atoms with Crippen molar-refractivity contribution < 1.29 is 4.79 Å². The summed E-state index contributed by atoms with van der Waals surface area (Å²) in [6, 6.07) is 6.06. The maximum Gasteiger partial charge on any atom is 0.234 e. The fraction of sp³-hybridized carbons (Fsp3) is 0.462. The summed E-state index contributed by atoms with van der Waals surface area (Å²) in [6.07, 6.45) is 0. The highest BCUT2D eigenvalue weighted by atomic mass is 32.2. The molecule has 17 heavy (non-hydrogen) atoms. The van der Waals surface area contributed by atoms with E-state index in [-0.39, 0.29) is 11.9 Å². The van der Waals surface area contributed by atoms with Gasteiger partial charge in [0.05, 0.1) is 5.75 Å². The SMILES string of the molecule is Cc1ccc(NC(=O)CSCC(C)N)cc1C. The molecular formula is C13H20N2OS. The molecule has 94 valence electrons. The summed E-state index contributed by atoms with van der Waals surface area (Å²) in [5, 5.41) is 2.88. The van der Waals surface area contributed by atoms with Gasteiger partial charge in [0.15, 0.2) is 0 Å². The molecule has 0 bridgehead atoms. The van der Waals surface area contributed by atoms with Crippen LogP contribution in [0.5, 0.6) is 0 Å². The number of benzene rings is 1. The Balaban J connectivity index is 2.42. The van der Waals surface area contributed by atoms with Crippen molar-refractivity contribution in [2.75, 3.05) is 16.8 Å². The van der Waals surface area contributed by atoms with Crippen LogP contribution in [-0.2, 0) is 4.79 Å². The number of rotatable bonds is 5. The Bertz CT molecular complexity index is 391. The van der Waals surface area contributed by atoms with Gasteiger partial charge in [0.2, 0.25) is 5.91 Å². The Morgan fingerprint density at radius 2 is 2.12 bits per heavy atom. The number of anilines is 1. The van der Waals surface area contributed by atoms with E-state index >= 15 is 0 Å². The molecule has 1 unspecified atom stereocenters. The molecular weight excluding hydrogens is 232 g/mol. The average molecular weight is 252 g/mol. The van der Waals surface area contributed by atoms with Gasteiger partial charge >= 0.3 is 0 Å². The molecule has 0 spiro atoms. The van der Waals surface area contributed by atoms with E-state index in [0.717, 1.165) is 11.4 Å². The lowest BCUT2D eigenvalue weighted by molar-refractivity contribution is -0.113. The van der Waals surface area contributed by atoms with Crippen LogP contribution in [0.2, 0.25) is 0 Å². The predicted molar refractivity (Wildman–Crippen MR) is 75.5 cm³/mol. The van der Waals surface area contributed by atoms with Crippen LogP contribution in [0.1, 0.15) is 18.1 Å². The molecule has 0 fully saturated rings. The summed E-state index contributed by atoms with van der Waals surface area (Å²) in [5.41, 5.74) is 8.89. The highest BCUT2D eigenvalue weighted by Crippen LogP contribution is 2.14. The number of aryl methyl sites for hydroxylation is 2. The number of hydrogen-bond acceptors (Lipinski definition) is 3. The van der Waals surface area contributed by atoms with E-state index in [1.807, 2.05) is 32.0 Å². The standard InChI is InChI=1S/C13H20N2OS/c1-9-4-5-12(6-10(9)2)15-13(16)8-17-7-11(3)14/h4-6,11H,7-8,14H2,1-3H3,(H,15,16). The molecule has 3 N–H and O–H groups in total. The molecule has 0 aliphatic rings. The van der Waals surface area contributed by atoms with Gasteiger partial charge in [-0.2, -0.15) is 11.8 Å². The van der Waals surface area contributed by atoms with Crippen LogP contribution in [0, 0.1) is 13.8 Å². The van der Waals surface area contributed by atoms with Crippen molar-refractivity contribution in [3.05, 3.63) is 29.3 Å². The first-order valence-electron chi connectivity index (χ1n) is 5.69. The molecule has 0 aromatic heterocycles. The Morgan fingerprint density at radius 3 is 2.71 bits per heavy atom. The first-order valence-corrected chi connectivity index (χ1v) is 6.85. The zero-order valence-corrected chi connectivity index (χ0v) is 11.4. The van der Waals surface area contributed by atoms with Crippen molar-refractivity contribution in [3.63, 3.8) is 0 Å². The summed E-state index contributed by atoms with van der Waals surface area (Å²) in [5.74, 6) is 1.29. The number of nitrogens with one attached hydrogen (secondary N) is 1. The maximum absolute atomic E-state index is 11.6. The molecule has 0 aliphatic heterocycles. The molecule has 0 heterocycles. The zero-order chi connectivity index (χ0) is 12.8. The minimum absolute atomic E-state index is 0.0268. The van der Waals surface area contributed by atoms with Gasteiger partial charge in [-0.05, 0) is 44.0 Å². The van der Waals surface area contributed by atoms with Gasteiger partial charge in [0, 0.05) is 17.5 Å². The van der Waals surface area contributed by atoms with E-state index in [9.17, 15) is 4.79 Å². The van der Waals surface area contributed by atoms with Gasteiger partial charge in [-0.3, -0.25) is 4.79 Å². The quantitative estimate of drug-likeness (QED) is 0.845. The molecule has 0 saturated heterocycles. The summed E-state index contributed by atoms with van der Waals surface area (Å²) in [6.45, 7) is 6.03. The molecule has 1 aromatic rings. The highest BCUT2D eigenvalue weighted by Gasteiger charge is 2.04. The van der Waals surface area contributed by atoms with Crippen LogP contribution in [0.3, 0.4) is 0 Å². The van der Waals surface area contributed by atoms with Gasteiger partial charge in [0.1, 0.15) is 0 Å². The lowest BCUT2D eigenvalue weighted by atomic mass is 10.1. The number of carbonyl (C=O) groups excluding carboxylic acids is 1. The summed E-state index contributed by atoms with van der Waals surface area (Å²) in [4.78, 5) is 11.6. The molecule has 1 amide bonds. The van der Waals surface area contributed by atoms with E-state index in [4.69, 9.17) is 5.73 Å². The molecule has 0 saturated carbocycles. The first-order chi connectivity index (χ1) is 7.99. The summed E-state index contributed by atoms with van der Waals surface area (Å²) in [7, 11) is 0. The largest absolute Gasteiger partial charge is 0.327 e. The van der Waals surface area contributed by atoms with E-state index < -0.39 is 0 Å². The van der Waals surface area contributed by atoms with Gasteiger partial charge in [-0.15, -0.1) is 0 Å². The van der Waals surface area contributed by atoms with Crippen LogP contribution >= 0.6 is 11.8 Å². The van der Waals surface area contributed by atoms with Crippen molar-refractivity contribution in [1.82, 2.24) is 0 Å². The number of thioether (sulfide) groups is 1. The summed E-state index contributed by atoms with van der Waals surface area (Å²) < 4.78 is 0. The molecule has 3 nitrogen and oxygen atoms in total. The molecule has 1 aromatic carbocycles. The van der Waals surface area contributed by atoms with Crippen molar-refractivity contribution >= 4 is 23.4 Å². The second kappa shape index (κ2) is 6.67. The van der Waals surface area contributed by atoms with Crippen LogP contribution in [0.25, 0.3) is 0 Å². The first kappa shape index (κ1) is 14.1. The van der Waals surface area contributed by atoms with Crippen molar-refractivity contribution in [3.8, 4) is 0 Å². The van der Waals surface area contributed by atoms with Crippen molar-refractivity contribution in [2.45, 2.75) is 26.8 Å². The van der Waals surface area contributed by atoms with E-state index in [0.29, 0.717) is 5.75 Å². The maximum atomic E-state index is 11.6. The molecule has 1 atom stereocenters. The Labute approximate surface area is 107 Å². The average Bonchev–Trinajstić information content (AvgIpc) is 2.23. The van der Waals surface area contributed by atoms with E-state index in [1.54, 1.807) is 11.8 Å². The van der Waals surface area contributed by atoms with Gasteiger partial charge in [-0.25, -0.2) is 0 Å². The smallest absolute Gasteiger partial charge is 0.234 e. The normalized spacial score (nSPS) is 12.2. The second-order valence-electron chi connectivity index (χ2n) is 4.34. The molecule has 1 rings (SSSR count). The minimum Gasteiger partial charge on any atom is -0.327 e. The van der Waals surface area contributed by atoms with Crippen LogP contribution < -0.4 is 11.1 Å². The third-order valence-electron chi connectivity index (χ3n) is 2.40. The Hall–Kier alpha value is -1.00. The van der Waals surface area contributed by atoms with Crippen molar-refractivity contribution in [2.24, 2.45) is 5.73 Å². The van der Waals surface area contributed by atoms with Crippen molar-refractivity contribution in [1.29, 1.82) is 0 Å². The number of nitrogens with two attached hydrogens (primary N) is 1. The molecule has 4 heteroatoms. The molecule has 0 aliphatic carbocycles. The minimum atomic E-state index is 0.0268. The lowest BCUT2D eigenvalue weighted by Gasteiger charge is -2.08. The van der Waals surface area contributed by atoms with Gasteiger partial charge in [-0.1, -0.05) is 6.07 Å². The zero-order valence-electron chi connectivity index (χ0n) is 10.6. The van der Waals surface area contributed by atoms with Crippen LogP contribution in [0.15, 0.2) is 18.2 Å². The monoisotopic (exact) mass is 252 g/mol. The number of carbonyl (C=O) groups is 1. The Kier molecular flexibility index (Phi) is 5.51. The fourth-order valence-electron chi connectivity index (χ4n) is 1.35. The fourth-order valence-corrected chi connectivity index (χ4v) is 2.10. The summed E-state index contributed by atoms with van der Waals surface area (Å²) >= 11 is 1.56. The number of hydrogen-bond donors (Lipinski definition) is 2. The topological polar surface area (TPSA) is 55.1 Å². The third kappa shape index (κ3) is 5.24. The van der Waals surface area contributed by atoms with E-state index in [1.165, 1.54) is 11.1 Å². The lowest BCUT2D eigenvalue weighted by Crippen LogP contribution is -2.20. The molecule has 0 radical (unpaired) electrons. The van der Waals surface area contributed by atoms with Gasteiger partial charge in [0.25, 0.3) is 0 Å². The van der Waals surface area contributed by atoms with E-state index in [2.05, 4.69) is 12.2 Å². The second-order valence-corrected chi connectivity index (χ2v) is 5.37. The Morgan fingerprint density at radius 1 is 1.41 bits per heavy atom. The third-order valence-corrected chi connectivity index (χ3v) is 3.63.